The van der Waals surface area contributed by atoms with Gasteiger partial charge in [0.05, 0.1) is 0 Å². The van der Waals surface area contributed by atoms with Gasteiger partial charge in [-0.3, -0.25) is 0 Å². The van der Waals surface area contributed by atoms with E-state index in [0.29, 0.717) is 6.04 Å². The molecule has 1 aliphatic carbocycles. The van der Waals surface area contributed by atoms with E-state index in [0.717, 1.165) is 18.3 Å². The first-order chi connectivity index (χ1) is 6.83. The van der Waals surface area contributed by atoms with Crippen LogP contribution in [-0.4, -0.2) is 24.6 Å². The van der Waals surface area contributed by atoms with E-state index in [2.05, 4.69) is 16.9 Å². The molecule has 76 valence electrons. The average Bonchev–Trinajstić information content (AvgIpc) is 3.04. The monoisotopic (exact) mass is 191 g/mol. The summed E-state index contributed by atoms with van der Waals surface area (Å²) in [6.45, 7) is 0.720. The fourth-order valence-electron chi connectivity index (χ4n) is 1.88. The second kappa shape index (κ2) is 3.96. The van der Waals surface area contributed by atoms with Crippen LogP contribution in [-0.2, 0) is 0 Å². The van der Waals surface area contributed by atoms with Gasteiger partial charge in [-0.05, 0) is 30.9 Å². The van der Waals surface area contributed by atoms with Crippen LogP contribution >= 0.6 is 0 Å². The molecule has 3 heteroatoms. The molecule has 2 N–H and O–H groups in total. The largest absolute Gasteiger partial charge is 0.355 e. The molecule has 1 aliphatic rings. The topological polar surface area (TPSA) is 42.2 Å². The number of pyridine rings is 1. The molecule has 3 nitrogen and oxygen atoms in total. The molecule has 0 bridgehead atoms. The number of nitrogens with zero attached hydrogens (tertiary/aromatic N) is 2. The van der Waals surface area contributed by atoms with Crippen molar-refractivity contribution in [1.29, 1.82) is 0 Å². The van der Waals surface area contributed by atoms with Crippen LogP contribution < -0.4 is 10.6 Å². The fourth-order valence-corrected chi connectivity index (χ4v) is 1.88. The SMILES string of the molecule is CN(c1ccccn1)C(CN)C1CC1. The molecule has 0 aliphatic heterocycles. The van der Waals surface area contributed by atoms with E-state index in [1.807, 2.05) is 24.4 Å². The van der Waals surface area contributed by atoms with Crippen molar-refractivity contribution in [2.45, 2.75) is 18.9 Å². The van der Waals surface area contributed by atoms with Gasteiger partial charge in [-0.1, -0.05) is 6.07 Å². The Bertz CT molecular complexity index is 282. The molecule has 2 rings (SSSR count). The molecule has 0 radical (unpaired) electrons. The van der Waals surface area contributed by atoms with Crippen LogP contribution in [0.5, 0.6) is 0 Å². The van der Waals surface area contributed by atoms with Crippen LogP contribution in [0.15, 0.2) is 24.4 Å². The van der Waals surface area contributed by atoms with E-state index in [4.69, 9.17) is 5.73 Å². The number of rotatable bonds is 4. The van der Waals surface area contributed by atoms with Crippen molar-refractivity contribution >= 4 is 5.82 Å². The van der Waals surface area contributed by atoms with Gasteiger partial charge >= 0.3 is 0 Å². The average molecular weight is 191 g/mol. The van der Waals surface area contributed by atoms with Crippen molar-refractivity contribution in [2.75, 3.05) is 18.5 Å². The standard InChI is InChI=1S/C11H17N3/c1-14(10(8-12)9-5-6-9)11-4-2-3-7-13-11/h2-4,7,9-10H,5-6,8,12H2,1H3. The highest BCUT2D eigenvalue weighted by molar-refractivity contribution is 5.38. The second-order valence-electron chi connectivity index (χ2n) is 3.94. The highest BCUT2D eigenvalue weighted by Gasteiger charge is 2.33. The van der Waals surface area contributed by atoms with Crippen molar-refractivity contribution in [3.8, 4) is 0 Å². The van der Waals surface area contributed by atoms with Crippen molar-refractivity contribution in [1.82, 2.24) is 4.98 Å². The number of likely N-dealkylation sites (N-methyl/N-ethyl adjacent to an activating group) is 1. The molecule has 0 spiro atoms. The molecule has 0 amide bonds. The Kier molecular flexibility index (Phi) is 2.68. The molecule has 1 heterocycles. The third-order valence-electron chi connectivity index (χ3n) is 2.92. The molecule has 1 aromatic rings. The van der Waals surface area contributed by atoms with Crippen molar-refractivity contribution < 1.29 is 0 Å². The normalized spacial score (nSPS) is 17.9. The van der Waals surface area contributed by atoms with Gasteiger partial charge in [-0.15, -0.1) is 0 Å². The molecule has 0 aromatic carbocycles. The van der Waals surface area contributed by atoms with Gasteiger partial charge in [0, 0.05) is 25.8 Å². The molecule has 1 fully saturated rings. The van der Waals surface area contributed by atoms with Crippen LogP contribution in [0.4, 0.5) is 5.82 Å². The maximum absolute atomic E-state index is 5.78. The number of hydrogen-bond donors (Lipinski definition) is 1. The molecular formula is C11H17N3. The van der Waals surface area contributed by atoms with Crippen molar-refractivity contribution in [3.05, 3.63) is 24.4 Å². The molecule has 14 heavy (non-hydrogen) atoms. The van der Waals surface area contributed by atoms with Gasteiger partial charge < -0.3 is 10.6 Å². The van der Waals surface area contributed by atoms with E-state index in [1.165, 1.54) is 12.8 Å². The van der Waals surface area contributed by atoms with E-state index < -0.39 is 0 Å². The molecular weight excluding hydrogens is 174 g/mol. The lowest BCUT2D eigenvalue weighted by Gasteiger charge is -2.27. The van der Waals surface area contributed by atoms with Crippen LogP contribution in [0.1, 0.15) is 12.8 Å². The van der Waals surface area contributed by atoms with E-state index in [9.17, 15) is 0 Å². The molecule has 0 saturated heterocycles. The zero-order valence-electron chi connectivity index (χ0n) is 8.56. The van der Waals surface area contributed by atoms with Crippen molar-refractivity contribution in [2.24, 2.45) is 11.7 Å². The number of hydrogen-bond acceptors (Lipinski definition) is 3. The zero-order valence-corrected chi connectivity index (χ0v) is 8.56. The third kappa shape index (κ3) is 1.87. The quantitative estimate of drug-likeness (QED) is 0.779. The Hall–Kier alpha value is -1.09. The minimum absolute atomic E-state index is 0.463. The predicted molar refractivity (Wildman–Crippen MR) is 58.2 cm³/mol. The Morgan fingerprint density at radius 1 is 1.57 bits per heavy atom. The predicted octanol–water partition coefficient (Wildman–Crippen LogP) is 1.26. The van der Waals surface area contributed by atoms with Crippen LogP contribution in [0.25, 0.3) is 0 Å². The minimum atomic E-state index is 0.463. The lowest BCUT2D eigenvalue weighted by atomic mass is 10.1. The van der Waals surface area contributed by atoms with Crippen LogP contribution in [0, 0.1) is 5.92 Å². The lowest BCUT2D eigenvalue weighted by molar-refractivity contribution is 0.566. The lowest BCUT2D eigenvalue weighted by Crippen LogP contribution is -2.40. The summed E-state index contributed by atoms with van der Waals surface area (Å²) in [4.78, 5) is 6.53. The minimum Gasteiger partial charge on any atom is -0.355 e. The number of anilines is 1. The zero-order chi connectivity index (χ0) is 9.97. The summed E-state index contributed by atoms with van der Waals surface area (Å²) < 4.78 is 0. The number of aromatic nitrogens is 1. The third-order valence-corrected chi connectivity index (χ3v) is 2.92. The highest BCUT2D eigenvalue weighted by Crippen LogP contribution is 2.35. The van der Waals surface area contributed by atoms with Gasteiger partial charge in [0.25, 0.3) is 0 Å². The number of nitrogens with two attached hydrogens (primary N) is 1. The van der Waals surface area contributed by atoms with E-state index in [-0.39, 0.29) is 0 Å². The van der Waals surface area contributed by atoms with Gasteiger partial charge in [0.15, 0.2) is 0 Å². The van der Waals surface area contributed by atoms with Crippen LogP contribution in [0.2, 0.25) is 0 Å². The molecule has 1 unspecified atom stereocenters. The van der Waals surface area contributed by atoms with E-state index >= 15 is 0 Å². The first kappa shape index (κ1) is 9.46. The maximum Gasteiger partial charge on any atom is 0.128 e. The Morgan fingerprint density at radius 3 is 2.86 bits per heavy atom. The van der Waals surface area contributed by atoms with E-state index in [1.54, 1.807) is 0 Å². The Balaban J connectivity index is 2.09. The Morgan fingerprint density at radius 2 is 2.36 bits per heavy atom. The maximum atomic E-state index is 5.78. The first-order valence-corrected chi connectivity index (χ1v) is 5.17. The summed E-state index contributed by atoms with van der Waals surface area (Å²) in [6, 6.07) is 6.45. The fraction of sp³-hybridized carbons (Fsp3) is 0.545. The summed E-state index contributed by atoms with van der Waals surface area (Å²) >= 11 is 0. The van der Waals surface area contributed by atoms with Crippen LogP contribution in [0.3, 0.4) is 0 Å². The smallest absolute Gasteiger partial charge is 0.128 e. The summed E-state index contributed by atoms with van der Waals surface area (Å²) in [5.41, 5.74) is 5.78. The summed E-state index contributed by atoms with van der Waals surface area (Å²) in [6.07, 6.45) is 4.46. The van der Waals surface area contributed by atoms with Gasteiger partial charge in [0.1, 0.15) is 5.82 Å². The first-order valence-electron chi connectivity index (χ1n) is 5.17. The van der Waals surface area contributed by atoms with Gasteiger partial charge in [-0.2, -0.15) is 0 Å². The second-order valence-corrected chi connectivity index (χ2v) is 3.94. The van der Waals surface area contributed by atoms with Crippen molar-refractivity contribution in [3.63, 3.8) is 0 Å². The summed E-state index contributed by atoms with van der Waals surface area (Å²) in [7, 11) is 2.08. The Labute approximate surface area is 84.9 Å². The highest BCUT2D eigenvalue weighted by atomic mass is 15.2. The van der Waals surface area contributed by atoms with Gasteiger partial charge in [-0.25, -0.2) is 4.98 Å². The molecule has 1 atom stereocenters. The molecule has 1 aromatic heterocycles. The summed E-state index contributed by atoms with van der Waals surface area (Å²) in [5, 5.41) is 0. The molecule has 1 saturated carbocycles. The van der Waals surface area contributed by atoms with Gasteiger partial charge in [0.2, 0.25) is 0 Å². The summed E-state index contributed by atoms with van der Waals surface area (Å²) in [5.74, 6) is 1.81.